The molecule has 26 heavy (non-hydrogen) atoms. The molecule has 4 rings (SSSR count). The maximum atomic E-state index is 12.2. The number of aromatic nitrogens is 5. The number of anilines is 2. The summed E-state index contributed by atoms with van der Waals surface area (Å²) in [7, 11) is 3.18. The molecule has 0 amide bonds. The minimum Gasteiger partial charge on any atom is -0.364 e. The van der Waals surface area contributed by atoms with E-state index in [-0.39, 0.29) is 17.3 Å². The average molecular weight is 355 g/mol. The second-order valence-electron chi connectivity index (χ2n) is 6.71. The Balaban J connectivity index is 1.59. The molecular weight excluding hydrogens is 334 g/mol. The van der Waals surface area contributed by atoms with Gasteiger partial charge in [-0.05, 0) is 19.4 Å². The molecule has 9 heteroatoms. The van der Waals surface area contributed by atoms with Gasteiger partial charge in [-0.1, -0.05) is 0 Å². The van der Waals surface area contributed by atoms with Crippen LogP contribution in [0.5, 0.6) is 0 Å². The van der Waals surface area contributed by atoms with Crippen LogP contribution in [0.2, 0.25) is 0 Å². The van der Waals surface area contributed by atoms with Crippen molar-refractivity contribution in [2.24, 2.45) is 14.1 Å². The summed E-state index contributed by atoms with van der Waals surface area (Å²) in [4.78, 5) is 30.8. The molecule has 9 nitrogen and oxygen atoms in total. The zero-order valence-corrected chi connectivity index (χ0v) is 15.0. The van der Waals surface area contributed by atoms with Crippen molar-refractivity contribution < 1.29 is 0 Å². The summed E-state index contributed by atoms with van der Waals surface area (Å²) in [6.45, 7) is 3.39. The summed E-state index contributed by atoms with van der Waals surface area (Å²) in [6.07, 6.45) is 4.52. The van der Waals surface area contributed by atoms with Crippen LogP contribution in [0.4, 0.5) is 11.6 Å². The van der Waals surface area contributed by atoms with Crippen molar-refractivity contribution in [2.75, 3.05) is 23.3 Å². The van der Waals surface area contributed by atoms with E-state index in [1.165, 1.54) is 17.7 Å². The van der Waals surface area contributed by atoms with Crippen molar-refractivity contribution in [1.29, 1.82) is 0 Å². The summed E-state index contributed by atoms with van der Waals surface area (Å²) >= 11 is 0. The molecule has 3 aromatic rings. The molecule has 1 N–H and O–H groups in total. The van der Waals surface area contributed by atoms with E-state index in [4.69, 9.17) is 0 Å². The van der Waals surface area contributed by atoms with Gasteiger partial charge in [0.05, 0.1) is 18.1 Å². The van der Waals surface area contributed by atoms with Crippen LogP contribution in [0, 0.1) is 6.92 Å². The molecule has 3 aromatic heterocycles. The lowest BCUT2D eigenvalue weighted by Crippen LogP contribution is -2.40. The number of hydrogen-bond donors (Lipinski definition) is 1. The minimum atomic E-state index is -0.315. The molecule has 4 heterocycles. The van der Waals surface area contributed by atoms with Crippen molar-refractivity contribution in [1.82, 2.24) is 23.7 Å². The first kappa shape index (κ1) is 16.4. The van der Waals surface area contributed by atoms with Gasteiger partial charge in [0.2, 0.25) is 0 Å². The Morgan fingerprint density at radius 2 is 2.04 bits per heavy atom. The Labute approximate surface area is 149 Å². The summed E-state index contributed by atoms with van der Waals surface area (Å²) in [5.41, 5.74) is 1.20. The fourth-order valence-corrected chi connectivity index (χ4v) is 3.45. The van der Waals surface area contributed by atoms with Gasteiger partial charge in [-0.3, -0.25) is 13.9 Å². The van der Waals surface area contributed by atoms with Crippen LogP contribution in [-0.2, 0) is 14.1 Å². The normalized spacial score (nSPS) is 17.2. The van der Waals surface area contributed by atoms with Gasteiger partial charge in [-0.2, -0.15) is 5.10 Å². The summed E-state index contributed by atoms with van der Waals surface area (Å²) in [5.74, 6) is 1.45. The minimum absolute atomic E-state index is 0.169. The molecule has 1 atom stereocenters. The van der Waals surface area contributed by atoms with Crippen molar-refractivity contribution in [3.05, 3.63) is 51.1 Å². The quantitative estimate of drug-likeness (QED) is 0.718. The Morgan fingerprint density at radius 3 is 2.85 bits per heavy atom. The van der Waals surface area contributed by atoms with Crippen LogP contribution in [0.15, 0.2) is 34.1 Å². The van der Waals surface area contributed by atoms with Gasteiger partial charge in [-0.25, -0.2) is 14.3 Å². The molecule has 1 aliphatic rings. The fourth-order valence-electron chi connectivity index (χ4n) is 3.45. The molecule has 0 saturated carbocycles. The maximum absolute atomic E-state index is 12.2. The van der Waals surface area contributed by atoms with Gasteiger partial charge < -0.3 is 10.2 Å². The second-order valence-corrected chi connectivity index (χ2v) is 6.71. The van der Waals surface area contributed by atoms with E-state index in [0.717, 1.165) is 34.6 Å². The Morgan fingerprint density at radius 1 is 1.23 bits per heavy atom. The van der Waals surface area contributed by atoms with Crippen molar-refractivity contribution in [3.8, 4) is 0 Å². The van der Waals surface area contributed by atoms with Crippen molar-refractivity contribution in [3.63, 3.8) is 0 Å². The first-order valence-corrected chi connectivity index (χ1v) is 8.53. The van der Waals surface area contributed by atoms with Gasteiger partial charge in [-0.15, -0.1) is 0 Å². The van der Waals surface area contributed by atoms with Gasteiger partial charge in [0.1, 0.15) is 11.3 Å². The average Bonchev–Trinajstić information content (AvgIpc) is 3.25. The number of rotatable bonds is 3. The smallest absolute Gasteiger partial charge is 0.332 e. The third kappa shape index (κ3) is 2.65. The third-order valence-corrected chi connectivity index (χ3v) is 4.86. The zero-order chi connectivity index (χ0) is 18.4. The molecule has 1 aliphatic heterocycles. The highest BCUT2D eigenvalue weighted by Gasteiger charge is 2.26. The molecule has 0 aromatic carbocycles. The van der Waals surface area contributed by atoms with Gasteiger partial charge in [0.15, 0.2) is 5.82 Å². The van der Waals surface area contributed by atoms with E-state index in [1.807, 2.05) is 23.7 Å². The van der Waals surface area contributed by atoms with E-state index in [1.54, 1.807) is 13.2 Å². The Kier molecular flexibility index (Phi) is 3.78. The number of fused-ring (bicyclic) bond motifs is 1. The van der Waals surface area contributed by atoms with Gasteiger partial charge >= 0.3 is 5.69 Å². The molecule has 1 saturated heterocycles. The number of nitrogens with zero attached hydrogens (tertiary/aromatic N) is 6. The molecule has 1 fully saturated rings. The van der Waals surface area contributed by atoms with Gasteiger partial charge in [0.25, 0.3) is 5.56 Å². The molecule has 0 bridgehead atoms. The highest BCUT2D eigenvalue weighted by atomic mass is 16.2. The summed E-state index contributed by atoms with van der Waals surface area (Å²) < 4.78 is 4.44. The van der Waals surface area contributed by atoms with E-state index >= 15 is 0 Å². The predicted molar refractivity (Wildman–Crippen MR) is 98.9 cm³/mol. The highest BCUT2D eigenvalue weighted by molar-refractivity contribution is 5.67. The highest BCUT2D eigenvalue weighted by Crippen LogP contribution is 2.22. The molecule has 136 valence electrons. The number of hydrogen-bond acceptors (Lipinski definition) is 6. The topological polar surface area (TPSA) is 89.5 Å². The lowest BCUT2D eigenvalue weighted by atomic mass is 10.2. The van der Waals surface area contributed by atoms with Crippen LogP contribution in [-0.4, -0.2) is 42.9 Å². The largest absolute Gasteiger partial charge is 0.364 e. The number of nitrogens with one attached hydrogen (secondary N) is 1. The number of aryl methyl sites for hydroxylation is 1. The third-order valence-electron chi connectivity index (χ3n) is 4.86. The molecular formula is C17H21N7O2. The first-order valence-electron chi connectivity index (χ1n) is 8.53. The first-order chi connectivity index (χ1) is 12.4. The van der Waals surface area contributed by atoms with Crippen molar-refractivity contribution >= 4 is 17.2 Å². The lowest BCUT2D eigenvalue weighted by molar-refractivity contribution is 0.672. The summed E-state index contributed by atoms with van der Waals surface area (Å²) in [5, 5.41) is 7.75. The molecule has 0 unspecified atom stereocenters. The molecule has 0 radical (unpaired) electrons. The monoisotopic (exact) mass is 355 g/mol. The second kappa shape index (κ2) is 6.01. The van der Waals surface area contributed by atoms with Crippen LogP contribution in [0.25, 0.3) is 5.52 Å². The van der Waals surface area contributed by atoms with E-state index < -0.39 is 0 Å². The van der Waals surface area contributed by atoms with Crippen LogP contribution >= 0.6 is 0 Å². The maximum Gasteiger partial charge on any atom is 0.332 e. The lowest BCUT2D eigenvalue weighted by Gasteiger charge is -2.22. The van der Waals surface area contributed by atoms with E-state index in [0.29, 0.717) is 12.4 Å². The standard InChI is InChI=1S/C17H21N7O2/c1-11-9-24-13(4-6-18-24)16(19-11)20-12-5-7-23(10-12)14-8-15(25)22(3)17(26)21(14)2/h4,6,8-9,12H,5,7,10H2,1-3H3,(H,19,20)/t12-/m0/s1. The molecule has 0 spiro atoms. The Bertz CT molecular complexity index is 1090. The van der Waals surface area contributed by atoms with Crippen LogP contribution in [0.3, 0.4) is 0 Å². The van der Waals surface area contributed by atoms with Crippen LogP contribution < -0.4 is 21.5 Å². The van der Waals surface area contributed by atoms with Crippen molar-refractivity contribution in [2.45, 2.75) is 19.4 Å². The predicted octanol–water partition coefficient (Wildman–Crippen LogP) is 0.126. The SMILES string of the molecule is Cc1cn2nccc2c(N[C@H]2CCN(c3cc(=O)n(C)c(=O)n3C)C2)n1. The molecule has 0 aliphatic carbocycles. The Hall–Kier alpha value is -3.10. The van der Waals surface area contributed by atoms with Crippen LogP contribution in [0.1, 0.15) is 12.1 Å². The zero-order valence-electron chi connectivity index (χ0n) is 15.0. The van der Waals surface area contributed by atoms with E-state index in [2.05, 4.69) is 20.3 Å². The summed E-state index contributed by atoms with van der Waals surface area (Å²) in [6, 6.07) is 3.61. The van der Waals surface area contributed by atoms with Gasteiger partial charge in [0, 0.05) is 39.3 Å². The fraction of sp³-hybridized carbons (Fsp3) is 0.412. The van der Waals surface area contributed by atoms with E-state index in [9.17, 15) is 9.59 Å².